The zero-order chi connectivity index (χ0) is 13.1. The van der Waals surface area contributed by atoms with E-state index in [1.54, 1.807) is 14.0 Å². The number of ether oxygens (including phenoxy) is 2. The Morgan fingerprint density at radius 3 is 2.56 bits per heavy atom. The molecule has 1 atom stereocenters. The second kappa shape index (κ2) is 5.93. The summed E-state index contributed by atoms with van der Waals surface area (Å²) in [7, 11) is 1.62. The summed E-state index contributed by atoms with van der Waals surface area (Å²) in [4.78, 5) is 0. The van der Waals surface area contributed by atoms with Crippen LogP contribution in [0.3, 0.4) is 0 Å². The lowest BCUT2D eigenvalue weighted by Gasteiger charge is -2.19. The van der Waals surface area contributed by atoms with E-state index in [1.165, 1.54) is 12.8 Å². The molecule has 3 nitrogen and oxygen atoms in total. The number of benzene rings is 1. The van der Waals surface area contributed by atoms with Gasteiger partial charge in [-0.25, -0.2) is 0 Å². The van der Waals surface area contributed by atoms with Crippen LogP contribution in [0.5, 0.6) is 11.5 Å². The summed E-state index contributed by atoms with van der Waals surface area (Å²) in [5, 5.41) is 9.63. The molecule has 0 aromatic heterocycles. The topological polar surface area (TPSA) is 38.7 Å². The second-order valence-electron chi connectivity index (χ2n) is 4.73. The number of rotatable bonds is 4. The van der Waals surface area contributed by atoms with E-state index in [9.17, 15) is 5.11 Å². The third-order valence-corrected chi connectivity index (χ3v) is 3.91. The highest BCUT2D eigenvalue weighted by Crippen LogP contribution is 2.40. The van der Waals surface area contributed by atoms with Crippen molar-refractivity contribution in [2.24, 2.45) is 0 Å². The van der Waals surface area contributed by atoms with Gasteiger partial charge in [0.25, 0.3) is 0 Å². The number of aliphatic hydroxyl groups is 1. The Morgan fingerprint density at radius 2 is 2.00 bits per heavy atom. The number of hydrogen-bond acceptors (Lipinski definition) is 3. The Labute approximate surface area is 116 Å². The van der Waals surface area contributed by atoms with Crippen LogP contribution in [0.25, 0.3) is 0 Å². The first-order valence-electron chi connectivity index (χ1n) is 6.34. The van der Waals surface area contributed by atoms with Crippen LogP contribution in [-0.2, 0) is 0 Å². The molecule has 18 heavy (non-hydrogen) atoms. The SMILES string of the molecule is COc1cc(C(C)O)cc(Br)c1OC1CCCC1. The van der Waals surface area contributed by atoms with Gasteiger partial charge in [-0.05, 0) is 66.2 Å². The minimum Gasteiger partial charge on any atom is -0.493 e. The van der Waals surface area contributed by atoms with Crippen molar-refractivity contribution in [1.29, 1.82) is 0 Å². The lowest BCUT2D eigenvalue weighted by Crippen LogP contribution is -2.12. The first kappa shape index (κ1) is 13.7. The van der Waals surface area contributed by atoms with Crippen LogP contribution in [0.4, 0.5) is 0 Å². The predicted octanol–water partition coefficient (Wildman–Crippen LogP) is 3.83. The number of aliphatic hydroxyl groups excluding tert-OH is 1. The number of hydrogen-bond donors (Lipinski definition) is 1. The third-order valence-electron chi connectivity index (χ3n) is 3.32. The molecule has 0 radical (unpaired) electrons. The molecule has 4 heteroatoms. The molecule has 1 aliphatic carbocycles. The number of halogens is 1. The van der Waals surface area contributed by atoms with E-state index < -0.39 is 6.10 Å². The molecule has 1 fully saturated rings. The van der Waals surface area contributed by atoms with E-state index in [-0.39, 0.29) is 6.10 Å². The molecule has 0 bridgehead atoms. The smallest absolute Gasteiger partial charge is 0.175 e. The molecule has 0 heterocycles. The van der Waals surface area contributed by atoms with Gasteiger partial charge in [-0.2, -0.15) is 0 Å². The van der Waals surface area contributed by atoms with Crippen LogP contribution in [0.2, 0.25) is 0 Å². The van der Waals surface area contributed by atoms with Crippen LogP contribution >= 0.6 is 15.9 Å². The summed E-state index contributed by atoms with van der Waals surface area (Å²) in [5.41, 5.74) is 0.817. The van der Waals surface area contributed by atoms with Crippen molar-refractivity contribution in [3.05, 3.63) is 22.2 Å². The van der Waals surface area contributed by atoms with E-state index in [4.69, 9.17) is 9.47 Å². The molecule has 100 valence electrons. The summed E-state index contributed by atoms with van der Waals surface area (Å²) in [5.74, 6) is 1.42. The maximum absolute atomic E-state index is 9.63. The van der Waals surface area contributed by atoms with Gasteiger partial charge in [-0.3, -0.25) is 0 Å². The summed E-state index contributed by atoms with van der Waals surface area (Å²) >= 11 is 3.50. The molecular weight excluding hydrogens is 296 g/mol. The molecule has 1 aliphatic rings. The predicted molar refractivity (Wildman–Crippen MR) is 74.2 cm³/mol. The van der Waals surface area contributed by atoms with Gasteiger partial charge >= 0.3 is 0 Å². The standard InChI is InChI=1S/C14H19BrO3/c1-9(16)10-7-12(15)14(13(8-10)17-2)18-11-5-3-4-6-11/h7-9,11,16H,3-6H2,1-2H3. The van der Waals surface area contributed by atoms with Crippen molar-refractivity contribution in [3.8, 4) is 11.5 Å². The number of methoxy groups -OCH3 is 1. The largest absolute Gasteiger partial charge is 0.493 e. The van der Waals surface area contributed by atoms with E-state index in [0.29, 0.717) is 5.75 Å². The molecule has 0 aliphatic heterocycles. The average molecular weight is 315 g/mol. The molecule has 1 saturated carbocycles. The van der Waals surface area contributed by atoms with Crippen molar-refractivity contribution in [2.45, 2.75) is 44.8 Å². The van der Waals surface area contributed by atoms with Crippen LogP contribution in [0.15, 0.2) is 16.6 Å². The Morgan fingerprint density at radius 1 is 1.33 bits per heavy atom. The Bertz CT molecular complexity index is 412. The van der Waals surface area contributed by atoms with Crippen LogP contribution in [0, 0.1) is 0 Å². The fourth-order valence-electron chi connectivity index (χ4n) is 2.27. The highest BCUT2D eigenvalue weighted by molar-refractivity contribution is 9.10. The van der Waals surface area contributed by atoms with Gasteiger partial charge in [0.15, 0.2) is 11.5 Å². The van der Waals surface area contributed by atoms with Crippen molar-refractivity contribution >= 4 is 15.9 Å². The molecule has 1 aromatic carbocycles. The molecule has 0 saturated heterocycles. The maximum atomic E-state index is 9.63. The summed E-state index contributed by atoms with van der Waals surface area (Å²) in [6.45, 7) is 1.73. The summed E-state index contributed by atoms with van der Waals surface area (Å²) in [6, 6.07) is 3.72. The van der Waals surface area contributed by atoms with E-state index >= 15 is 0 Å². The van der Waals surface area contributed by atoms with Crippen LogP contribution < -0.4 is 9.47 Å². The van der Waals surface area contributed by atoms with Gasteiger partial charge in [-0.1, -0.05) is 0 Å². The van der Waals surface area contributed by atoms with Crippen molar-refractivity contribution in [2.75, 3.05) is 7.11 Å². The second-order valence-corrected chi connectivity index (χ2v) is 5.59. The van der Waals surface area contributed by atoms with Gasteiger partial charge in [-0.15, -0.1) is 0 Å². The normalized spacial score (nSPS) is 17.8. The van der Waals surface area contributed by atoms with Gasteiger partial charge in [0.2, 0.25) is 0 Å². The van der Waals surface area contributed by atoms with Crippen molar-refractivity contribution in [3.63, 3.8) is 0 Å². The first-order valence-corrected chi connectivity index (χ1v) is 7.13. The van der Waals surface area contributed by atoms with Gasteiger partial charge in [0.1, 0.15) is 0 Å². The minimum absolute atomic E-state index is 0.285. The first-order chi connectivity index (χ1) is 8.61. The molecule has 1 unspecified atom stereocenters. The maximum Gasteiger partial charge on any atom is 0.175 e. The molecule has 0 amide bonds. The van der Waals surface area contributed by atoms with E-state index in [2.05, 4.69) is 15.9 Å². The minimum atomic E-state index is -0.518. The molecule has 2 rings (SSSR count). The quantitative estimate of drug-likeness (QED) is 0.918. The Hall–Kier alpha value is -0.740. The third kappa shape index (κ3) is 2.98. The lowest BCUT2D eigenvalue weighted by molar-refractivity contribution is 0.192. The zero-order valence-corrected chi connectivity index (χ0v) is 12.4. The molecule has 0 spiro atoms. The monoisotopic (exact) mass is 314 g/mol. The lowest BCUT2D eigenvalue weighted by atomic mass is 10.1. The molecule has 1 aromatic rings. The molecule has 1 N–H and O–H groups in total. The highest BCUT2D eigenvalue weighted by atomic mass is 79.9. The Balaban J connectivity index is 2.27. The van der Waals surface area contributed by atoms with Crippen molar-refractivity contribution in [1.82, 2.24) is 0 Å². The van der Waals surface area contributed by atoms with Gasteiger partial charge in [0, 0.05) is 0 Å². The summed E-state index contributed by atoms with van der Waals surface area (Å²) in [6.07, 6.45) is 4.44. The van der Waals surface area contributed by atoms with E-state index in [0.717, 1.165) is 28.6 Å². The fourth-order valence-corrected chi connectivity index (χ4v) is 2.82. The van der Waals surface area contributed by atoms with Crippen LogP contribution in [-0.4, -0.2) is 18.3 Å². The fraction of sp³-hybridized carbons (Fsp3) is 0.571. The zero-order valence-electron chi connectivity index (χ0n) is 10.8. The van der Waals surface area contributed by atoms with E-state index in [1.807, 2.05) is 12.1 Å². The Kier molecular flexibility index (Phi) is 4.51. The summed E-state index contributed by atoms with van der Waals surface area (Å²) < 4.78 is 12.2. The van der Waals surface area contributed by atoms with Gasteiger partial charge < -0.3 is 14.6 Å². The van der Waals surface area contributed by atoms with Gasteiger partial charge in [0.05, 0.1) is 23.8 Å². The molecular formula is C14H19BrO3. The average Bonchev–Trinajstić information content (AvgIpc) is 2.84. The van der Waals surface area contributed by atoms with Crippen LogP contribution in [0.1, 0.15) is 44.3 Å². The highest BCUT2D eigenvalue weighted by Gasteiger charge is 2.21. The van der Waals surface area contributed by atoms with Crippen molar-refractivity contribution < 1.29 is 14.6 Å².